The van der Waals surface area contributed by atoms with Crippen LogP contribution in [0.2, 0.25) is 0 Å². The van der Waals surface area contributed by atoms with E-state index in [-0.39, 0.29) is 29.0 Å². The number of nitrogens with one attached hydrogen (secondary N) is 1. The first-order chi connectivity index (χ1) is 15.9. The minimum atomic E-state index is -1.22. The molecule has 0 bridgehead atoms. The number of thioether (sulfide) groups is 2. The minimum Gasteiger partial charge on any atom is -0.477 e. The third-order valence-corrected chi connectivity index (χ3v) is 8.92. The third kappa shape index (κ3) is 4.07. The molecule has 0 saturated carbocycles. The lowest BCUT2D eigenvalue weighted by atomic mass is 10.0. The van der Waals surface area contributed by atoms with Crippen molar-refractivity contribution in [3.8, 4) is 0 Å². The Morgan fingerprint density at radius 1 is 1.21 bits per heavy atom. The molecule has 1 fully saturated rings. The fourth-order valence-electron chi connectivity index (χ4n) is 3.71. The quantitative estimate of drug-likeness (QED) is 0.497. The van der Waals surface area contributed by atoms with Crippen molar-refractivity contribution in [2.45, 2.75) is 22.0 Å². The second-order valence-electron chi connectivity index (χ2n) is 7.34. The number of carbonyl (C=O) groups excluding carboxylic acids is 2. The van der Waals surface area contributed by atoms with Gasteiger partial charge in [-0.3, -0.25) is 19.3 Å². The van der Waals surface area contributed by atoms with Crippen LogP contribution in [0.15, 0.2) is 72.8 Å². The van der Waals surface area contributed by atoms with E-state index in [1.54, 1.807) is 6.07 Å². The van der Waals surface area contributed by atoms with Crippen molar-refractivity contribution in [3.05, 3.63) is 75.1 Å². The van der Waals surface area contributed by atoms with E-state index in [4.69, 9.17) is 4.42 Å². The van der Waals surface area contributed by atoms with Gasteiger partial charge in [0, 0.05) is 16.7 Å². The topological polar surface area (TPSA) is 117 Å². The van der Waals surface area contributed by atoms with Crippen LogP contribution in [-0.2, 0) is 20.8 Å². The molecule has 11 heteroatoms. The van der Waals surface area contributed by atoms with Gasteiger partial charge in [0.25, 0.3) is 5.91 Å². The van der Waals surface area contributed by atoms with E-state index in [0.29, 0.717) is 19.6 Å². The zero-order valence-corrected chi connectivity index (χ0v) is 19.3. The number of carboxylic acid groups (broad SMARTS) is 1. The van der Waals surface area contributed by atoms with Crippen molar-refractivity contribution in [1.82, 2.24) is 10.2 Å². The summed E-state index contributed by atoms with van der Waals surface area (Å²) in [7, 11) is 0. The highest BCUT2D eigenvalue weighted by Gasteiger charge is 2.54. The molecule has 2 aliphatic heterocycles. The van der Waals surface area contributed by atoms with Crippen molar-refractivity contribution in [3.63, 3.8) is 0 Å². The summed E-state index contributed by atoms with van der Waals surface area (Å²) < 4.78 is 6.46. The molecule has 33 heavy (non-hydrogen) atoms. The summed E-state index contributed by atoms with van der Waals surface area (Å²) in [6.45, 7) is 0. The molecule has 2 atom stereocenters. The van der Waals surface area contributed by atoms with Gasteiger partial charge in [-0.1, -0.05) is 42.1 Å². The molecule has 1 aromatic carbocycles. The van der Waals surface area contributed by atoms with Crippen LogP contribution in [0.4, 0.5) is 0 Å². The van der Waals surface area contributed by atoms with Crippen LogP contribution in [0.25, 0.3) is 10.3 Å². The Morgan fingerprint density at radius 3 is 2.76 bits per heavy atom. The number of amides is 2. The van der Waals surface area contributed by atoms with Crippen LogP contribution in [0, 0.1) is 0 Å². The molecule has 2 aliphatic rings. The molecule has 0 radical (unpaired) electrons. The number of carboxylic acids is 1. The van der Waals surface area contributed by atoms with Gasteiger partial charge >= 0.3 is 5.97 Å². The molecule has 1 saturated heterocycles. The Morgan fingerprint density at radius 2 is 2.00 bits per heavy atom. The first-order valence-electron chi connectivity index (χ1n) is 9.86. The predicted octanol–water partition coefficient (Wildman–Crippen LogP) is 2.89. The Bertz CT molecular complexity index is 1360. The summed E-state index contributed by atoms with van der Waals surface area (Å²) in [4.78, 5) is 51.2. The van der Waals surface area contributed by atoms with Crippen LogP contribution in [0.3, 0.4) is 0 Å². The molecule has 168 valence electrons. The number of hydrogen-bond acceptors (Lipinski definition) is 8. The second kappa shape index (κ2) is 8.73. The Balaban J connectivity index is 1.35. The lowest BCUT2D eigenvalue weighted by Crippen LogP contribution is -2.70. The summed E-state index contributed by atoms with van der Waals surface area (Å²) >= 11 is 3.87. The largest absolute Gasteiger partial charge is 0.477 e. The van der Waals surface area contributed by atoms with E-state index >= 15 is 0 Å². The van der Waals surface area contributed by atoms with Gasteiger partial charge in [0.2, 0.25) is 11.3 Å². The maximum Gasteiger partial charge on any atom is 0.353 e. The SMILES string of the molecule is O=C(Cc1ccccc1)NC1C(=O)N2C(C(=O)O)=C(Sc3cc(=O)c4occc4s3)CS[C@@H]12. The number of aliphatic carboxylic acids is 1. The zero-order chi connectivity index (χ0) is 23.1. The maximum absolute atomic E-state index is 12.8. The van der Waals surface area contributed by atoms with E-state index in [1.165, 1.54) is 52.1 Å². The van der Waals surface area contributed by atoms with Crippen LogP contribution < -0.4 is 10.7 Å². The highest BCUT2D eigenvalue weighted by molar-refractivity contribution is 8.07. The first kappa shape index (κ1) is 21.8. The highest BCUT2D eigenvalue weighted by atomic mass is 32.2. The van der Waals surface area contributed by atoms with Gasteiger partial charge < -0.3 is 14.8 Å². The Hall–Kier alpha value is -3.02. The van der Waals surface area contributed by atoms with E-state index in [9.17, 15) is 24.3 Å². The van der Waals surface area contributed by atoms with Gasteiger partial charge in [-0.05, 0) is 11.6 Å². The normalized spacial score (nSPS) is 19.9. The number of nitrogens with zero attached hydrogens (tertiary/aromatic N) is 1. The van der Waals surface area contributed by atoms with Gasteiger partial charge in [0.1, 0.15) is 17.1 Å². The standard InChI is InChI=1S/C22H16N2O6S3/c25-12-9-16(32-13-6-7-30-19(12)13)33-14-10-31-21-17(20(27)24(21)18(14)22(28)29)23-15(26)8-11-4-2-1-3-5-11/h1-7,9,17,21H,8,10H2,(H,23,26)(H,28,29)/t17?,21-/m0/s1. The number of rotatable bonds is 6. The molecule has 4 heterocycles. The molecular weight excluding hydrogens is 484 g/mol. The molecule has 8 nitrogen and oxygen atoms in total. The van der Waals surface area contributed by atoms with Gasteiger partial charge in [-0.2, -0.15) is 0 Å². The fourth-order valence-corrected chi connectivity index (χ4v) is 7.53. The molecule has 2 amide bonds. The van der Waals surface area contributed by atoms with Crippen molar-refractivity contribution in [2.75, 3.05) is 5.75 Å². The van der Waals surface area contributed by atoms with Crippen LogP contribution in [-0.4, -0.2) is 45.0 Å². The van der Waals surface area contributed by atoms with Crippen molar-refractivity contribution in [2.24, 2.45) is 0 Å². The van der Waals surface area contributed by atoms with Gasteiger partial charge in [-0.15, -0.1) is 23.1 Å². The zero-order valence-electron chi connectivity index (χ0n) is 16.8. The molecule has 0 aliphatic carbocycles. The predicted molar refractivity (Wildman–Crippen MR) is 126 cm³/mol. The molecule has 2 N–H and O–H groups in total. The van der Waals surface area contributed by atoms with E-state index in [0.717, 1.165) is 5.56 Å². The second-order valence-corrected chi connectivity index (χ2v) is 10.9. The van der Waals surface area contributed by atoms with Crippen LogP contribution >= 0.6 is 34.9 Å². The number of fused-ring (bicyclic) bond motifs is 2. The van der Waals surface area contributed by atoms with Crippen molar-refractivity contribution < 1.29 is 23.9 Å². The molecule has 0 spiro atoms. The van der Waals surface area contributed by atoms with Crippen LogP contribution in [0.1, 0.15) is 5.56 Å². The lowest BCUT2D eigenvalue weighted by molar-refractivity contribution is -0.150. The third-order valence-electron chi connectivity index (χ3n) is 5.20. The molecular formula is C22H16N2O6S3. The fraction of sp³-hybridized carbons (Fsp3) is 0.182. The number of carbonyl (C=O) groups is 3. The maximum atomic E-state index is 12.8. The lowest BCUT2D eigenvalue weighted by Gasteiger charge is -2.49. The molecule has 1 unspecified atom stereocenters. The van der Waals surface area contributed by atoms with Crippen molar-refractivity contribution >= 4 is 62.9 Å². The van der Waals surface area contributed by atoms with Gasteiger partial charge in [-0.25, -0.2) is 4.79 Å². The van der Waals surface area contributed by atoms with Gasteiger partial charge in [0.05, 0.1) is 21.6 Å². The summed E-state index contributed by atoms with van der Waals surface area (Å²) in [5.41, 5.74) is 0.709. The molecule has 5 rings (SSSR count). The Kier molecular flexibility index (Phi) is 5.77. The first-order valence-corrected chi connectivity index (χ1v) is 12.5. The summed E-state index contributed by atoms with van der Waals surface area (Å²) in [6.07, 6.45) is 1.57. The van der Waals surface area contributed by atoms with Gasteiger partial charge in [0.15, 0.2) is 5.58 Å². The summed E-state index contributed by atoms with van der Waals surface area (Å²) in [5.74, 6) is -1.63. The van der Waals surface area contributed by atoms with Crippen molar-refractivity contribution in [1.29, 1.82) is 0 Å². The smallest absolute Gasteiger partial charge is 0.353 e. The average Bonchev–Trinajstić information content (AvgIpc) is 3.27. The summed E-state index contributed by atoms with van der Waals surface area (Å²) in [6, 6.07) is 11.5. The highest BCUT2D eigenvalue weighted by Crippen LogP contribution is 2.46. The minimum absolute atomic E-state index is 0.103. The molecule has 3 aromatic rings. The summed E-state index contributed by atoms with van der Waals surface area (Å²) in [5, 5.41) is 12.1. The van der Waals surface area contributed by atoms with E-state index in [1.807, 2.05) is 30.3 Å². The number of β-lactam (4-membered cyclic amide) rings is 1. The van der Waals surface area contributed by atoms with E-state index in [2.05, 4.69) is 5.32 Å². The monoisotopic (exact) mass is 500 g/mol. The van der Waals surface area contributed by atoms with E-state index < -0.39 is 23.3 Å². The number of hydrogen-bond donors (Lipinski definition) is 2. The van der Waals surface area contributed by atoms with Crippen LogP contribution in [0.5, 0.6) is 0 Å². The average molecular weight is 501 g/mol. The Labute approximate surface area is 199 Å². The molecule has 2 aromatic heterocycles. The number of furan rings is 1. The number of benzene rings is 1.